The van der Waals surface area contributed by atoms with Crippen LogP contribution in [0, 0.1) is 0 Å². The third-order valence-electron chi connectivity index (χ3n) is 6.54. The van der Waals surface area contributed by atoms with E-state index >= 15 is 0 Å². The maximum atomic E-state index is 13.0. The van der Waals surface area contributed by atoms with Crippen LogP contribution < -0.4 is 0 Å². The summed E-state index contributed by atoms with van der Waals surface area (Å²) in [6.45, 7) is 7.06. The Morgan fingerprint density at radius 3 is 1.47 bits per heavy atom. The predicted octanol–water partition coefficient (Wildman–Crippen LogP) is 3.80. The molecule has 1 unspecified atom stereocenters. The van der Waals surface area contributed by atoms with Gasteiger partial charge in [-0.2, -0.15) is 26.3 Å². The number of hydrogen-bond donors (Lipinski definition) is 0. The summed E-state index contributed by atoms with van der Waals surface area (Å²) in [7, 11) is -10.1. The summed E-state index contributed by atoms with van der Waals surface area (Å²) < 4.78 is 122. The summed E-state index contributed by atoms with van der Waals surface area (Å²) in [5, 5.41) is 0. The van der Waals surface area contributed by atoms with Crippen LogP contribution in [0.2, 0.25) is 0 Å². The van der Waals surface area contributed by atoms with Crippen molar-refractivity contribution >= 4 is 19.7 Å². The maximum absolute atomic E-state index is 13.0. The summed E-state index contributed by atoms with van der Waals surface area (Å²) in [4.78, 5) is 0. The fourth-order valence-corrected chi connectivity index (χ4v) is 9.88. The molecule has 32 heavy (non-hydrogen) atoms. The number of alkyl halides is 6. The summed E-state index contributed by atoms with van der Waals surface area (Å²) in [5.41, 5.74) is -12.2. The third-order valence-corrected chi connectivity index (χ3v) is 12.0. The zero-order chi connectivity index (χ0) is 25.3. The summed E-state index contributed by atoms with van der Waals surface area (Å²) >= 11 is 0. The first-order chi connectivity index (χ1) is 14.3. The number of halogens is 6. The molecule has 0 saturated carbocycles. The Labute approximate surface area is 186 Å². The molecule has 0 N–H and O–H groups in total. The normalized spacial score (nSPS) is 25.9. The Morgan fingerprint density at radius 1 is 0.719 bits per heavy atom. The van der Waals surface area contributed by atoms with Crippen molar-refractivity contribution in [1.29, 1.82) is 0 Å². The van der Waals surface area contributed by atoms with Crippen molar-refractivity contribution in [2.24, 2.45) is 0 Å². The van der Waals surface area contributed by atoms with E-state index in [2.05, 4.69) is 14.0 Å². The lowest BCUT2D eigenvalue weighted by Gasteiger charge is -2.44. The molecule has 2 aliphatic heterocycles. The number of nitrogens with zero attached hydrogens (tertiary/aromatic N) is 2. The van der Waals surface area contributed by atoms with E-state index in [1.54, 1.807) is 0 Å². The van der Waals surface area contributed by atoms with Crippen LogP contribution in [-0.2, 0) is 19.7 Å². The van der Waals surface area contributed by atoms with E-state index in [9.17, 15) is 43.2 Å². The van der Waals surface area contributed by atoms with Crippen molar-refractivity contribution < 1.29 is 52.1 Å². The Kier molecular flexibility index (Phi) is 8.80. The monoisotopic (exact) mass is 520 g/mol. The van der Waals surface area contributed by atoms with E-state index in [0.717, 1.165) is 7.05 Å². The van der Waals surface area contributed by atoms with Crippen LogP contribution >= 0.6 is 0 Å². The van der Waals surface area contributed by atoms with Gasteiger partial charge in [0.1, 0.15) is 0 Å². The minimum Gasteiger partial charge on any atom is -0.326 e. The molecule has 192 valence electrons. The number of rotatable bonds is 6. The van der Waals surface area contributed by atoms with Crippen LogP contribution in [0.4, 0.5) is 26.3 Å². The van der Waals surface area contributed by atoms with E-state index < -0.39 is 58.9 Å². The highest BCUT2D eigenvalue weighted by Crippen LogP contribution is 2.53. The Hall–Kier alpha value is -0.600. The van der Waals surface area contributed by atoms with Gasteiger partial charge in [0.25, 0.3) is 0 Å². The Morgan fingerprint density at radius 2 is 1.12 bits per heavy atom. The molecule has 0 spiro atoms. The largest absolute Gasteiger partial charge is 0.504 e. The molecule has 0 radical (unpaired) electrons. The Bertz CT molecular complexity index is 806. The van der Waals surface area contributed by atoms with Gasteiger partial charge in [0.05, 0.1) is 46.8 Å². The van der Waals surface area contributed by atoms with Gasteiger partial charge < -0.3 is 4.48 Å². The molecule has 14 heteroatoms. The van der Waals surface area contributed by atoms with Gasteiger partial charge in [-0.15, -0.1) is 0 Å². The van der Waals surface area contributed by atoms with Crippen LogP contribution in [-0.4, -0.2) is 87.8 Å². The fraction of sp³-hybridized carbons (Fsp3) is 1.00. The average molecular weight is 521 g/mol. The van der Waals surface area contributed by atoms with Crippen molar-refractivity contribution in [2.75, 3.05) is 46.8 Å². The second kappa shape index (κ2) is 9.57. The smallest absolute Gasteiger partial charge is 0.326 e. The zero-order valence-corrected chi connectivity index (χ0v) is 20.5. The van der Waals surface area contributed by atoms with Crippen LogP contribution in [0.1, 0.15) is 52.4 Å². The molecule has 2 saturated heterocycles. The van der Waals surface area contributed by atoms with Crippen molar-refractivity contribution in [1.82, 2.24) is 0 Å². The molecule has 6 nitrogen and oxygen atoms in total. The van der Waals surface area contributed by atoms with E-state index in [0.29, 0.717) is 0 Å². The number of likely N-dealkylation sites (tertiary alicyclic amines) is 2. The first-order valence-corrected chi connectivity index (χ1v) is 13.6. The molecule has 0 aromatic carbocycles. The SMILES string of the molecule is CCC[N+]1(C)CCCC1.CCC[N+]1(C)CCCC1(S(=O)(=O)C(F)(F)F)S(=O)(=O)C(F)(F)F. The molecule has 0 aliphatic carbocycles. The van der Waals surface area contributed by atoms with Gasteiger partial charge in [-0.1, -0.05) is 13.8 Å². The molecule has 2 heterocycles. The molecule has 0 aromatic heterocycles. The van der Waals surface area contributed by atoms with Crippen molar-refractivity contribution in [3.8, 4) is 0 Å². The van der Waals surface area contributed by atoms with Crippen LogP contribution in [0.15, 0.2) is 0 Å². The summed E-state index contributed by atoms with van der Waals surface area (Å²) in [6.07, 6.45) is 2.62. The molecule has 1 atom stereocenters. The van der Waals surface area contributed by atoms with Gasteiger partial charge in [0.2, 0.25) is 0 Å². The molecule has 0 aromatic rings. The second-order valence-electron chi connectivity index (χ2n) is 9.06. The van der Waals surface area contributed by atoms with E-state index in [1.165, 1.54) is 50.3 Å². The van der Waals surface area contributed by atoms with E-state index in [4.69, 9.17) is 0 Å². The lowest BCUT2D eigenvalue weighted by atomic mass is 10.4. The van der Waals surface area contributed by atoms with Crippen molar-refractivity contribution in [2.45, 2.75) is 67.6 Å². The maximum Gasteiger partial charge on any atom is 0.504 e. The minimum absolute atomic E-state index is 0.0129. The third kappa shape index (κ3) is 4.92. The quantitative estimate of drug-likeness (QED) is 0.395. The van der Waals surface area contributed by atoms with Crippen LogP contribution in [0.3, 0.4) is 0 Å². The van der Waals surface area contributed by atoms with Crippen molar-refractivity contribution in [3.63, 3.8) is 0 Å². The first kappa shape index (κ1) is 29.4. The molecular formula is C18H34F6N2O4S2+2. The fourth-order valence-electron chi connectivity index (χ4n) is 5.08. The van der Waals surface area contributed by atoms with E-state index in [-0.39, 0.29) is 12.8 Å². The van der Waals surface area contributed by atoms with Gasteiger partial charge in [-0.25, -0.2) is 16.8 Å². The summed E-state index contributed by atoms with van der Waals surface area (Å²) in [5.74, 6) is 0. The molecule has 2 aliphatic rings. The van der Waals surface area contributed by atoms with Gasteiger partial charge >= 0.3 is 34.9 Å². The molecule has 0 bridgehead atoms. The first-order valence-electron chi connectivity index (χ1n) is 10.6. The van der Waals surface area contributed by atoms with Gasteiger partial charge in [-0.05, 0) is 12.8 Å². The molecule has 0 amide bonds. The standard InChI is InChI=1S/C10H16F6NO4S2.C8H18N/c1-3-6-17(2)7-4-5-8(17,22(18,19)9(11,12)13)23(20,21)10(14,15)16;1-3-6-9(2)7-4-5-8-9/h3-7H2,1-2H3;3-8H2,1-2H3/q2*+1. The topological polar surface area (TPSA) is 68.3 Å². The minimum atomic E-state index is -6.64. The van der Waals surface area contributed by atoms with E-state index in [1.807, 2.05) is 0 Å². The number of sulfone groups is 2. The molecule has 2 rings (SSSR count). The second-order valence-corrected chi connectivity index (χ2v) is 13.6. The number of quaternary nitrogens is 2. The van der Waals surface area contributed by atoms with Crippen LogP contribution in [0.25, 0.3) is 0 Å². The summed E-state index contributed by atoms with van der Waals surface area (Å²) in [6, 6.07) is 0. The average Bonchev–Trinajstić information content (AvgIpc) is 3.18. The Balaban J connectivity index is 0.000000471. The number of hydrogen-bond acceptors (Lipinski definition) is 4. The van der Waals surface area contributed by atoms with Gasteiger partial charge in [0.15, 0.2) is 0 Å². The molecule has 2 fully saturated rings. The molecular weight excluding hydrogens is 486 g/mol. The highest BCUT2D eigenvalue weighted by molar-refractivity contribution is 8.10. The predicted molar refractivity (Wildman–Crippen MR) is 108 cm³/mol. The van der Waals surface area contributed by atoms with Gasteiger partial charge in [-0.3, -0.25) is 4.48 Å². The van der Waals surface area contributed by atoms with Crippen molar-refractivity contribution in [3.05, 3.63) is 0 Å². The highest BCUT2D eigenvalue weighted by Gasteiger charge is 2.82. The zero-order valence-electron chi connectivity index (χ0n) is 18.9. The lowest BCUT2D eigenvalue weighted by Crippen LogP contribution is -2.70. The highest BCUT2D eigenvalue weighted by atomic mass is 32.3. The van der Waals surface area contributed by atoms with Gasteiger partial charge in [0, 0.05) is 25.7 Å². The van der Waals surface area contributed by atoms with Crippen LogP contribution in [0.5, 0.6) is 0 Å². The lowest BCUT2D eigenvalue weighted by molar-refractivity contribution is -0.918.